The third-order valence-electron chi connectivity index (χ3n) is 3.74. The van der Waals surface area contributed by atoms with Crippen LogP contribution in [0.1, 0.15) is 51.3 Å². The van der Waals surface area contributed by atoms with Gasteiger partial charge in [0.15, 0.2) is 5.82 Å². The average molecular weight is 251 g/mol. The van der Waals surface area contributed by atoms with E-state index in [0.29, 0.717) is 12.0 Å². The lowest BCUT2D eigenvalue weighted by atomic mass is 9.94. The average Bonchev–Trinajstić information content (AvgIpc) is 2.63. The lowest BCUT2D eigenvalue weighted by Gasteiger charge is -2.20. The smallest absolute Gasteiger partial charge is 0.175 e. The maximum Gasteiger partial charge on any atom is 0.175 e. The lowest BCUT2D eigenvalue weighted by molar-refractivity contribution is 0.379. The van der Waals surface area contributed by atoms with E-state index in [1.807, 2.05) is 7.05 Å². The van der Waals surface area contributed by atoms with E-state index in [1.165, 1.54) is 38.5 Å². The molecule has 1 aliphatic carbocycles. The number of hydrogen-bond donors (Lipinski definition) is 1. The summed E-state index contributed by atoms with van der Waals surface area (Å²) >= 11 is 0. The second-order valence-electron chi connectivity index (χ2n) is 5.44. The van der Waals surface area contributed by atoms with Gasteiger partial charge in [-0.05, 0) is 43.4 Å². The van der Waals surface area contributed by atoms with Crippen LogP contribution in [0.15, 0.2) is 0 Å². The van der Waals surface area contributed by atoms with Crippen molar-refractivity contribution in [3.63, 3.8) is 0 Å². The molecule has 1 aromatic rings. The van der Waals surface area contributed by atoms with E-state index >= 15 is 0 Å². The van der Waals surface area contributed by atoms with Crippen molar-refractivity contribution < 1.29 is 0 Å². The van der Waals surface area contributed by atoms with Crippen LogP contribution < -0.4 is 5.32 Å². The highest BCUT2D eigenvalue weighted by atomic mass is 15.6. The summed E-state index contributed by atoms with van der Waals surface area (Å²) in [5.41, 5.74) is 0. The Bertz CT molecular complexity index is 349. The van der Waals surface area contributed by atoms with E-state index in [2.05, 4.69) is 27.7 Å². The van der Waals surface area contributed by atoms with E-state index in [1.54, 1.807) is 4.80 Å². The molecular weight excluding hydrogens is 226 g/mol. The Morgan fingerprint density at radius 1 is 1.33 bits per heavy atom. The van der Waals surface area contributed by atoms with Crippen LogP contribution in [0.25, 0.3) is 0 Å². The molecule has 0 radical (unpaired) electrons. The molecule has 18 heavy (non-hydrogen) atoms. The van der Waals surface area contributed by atoms with Gasteiger partial charge in [-0.1, -0.05) is 19.8 Å². The molecule has 5 heteroatoms. The van der Waals surface area contributed by atoms with Crippen LogP contribution in [0.4, 0.5) is 0 Å². The van der Waals surface area contributed by atoms with Crippen LogP contribution in [0.3, 0.4) is 0 Å². The third-order valence-corrected chi connectivity index (χ3v) is 3.74. The summed E-state index contributed by atoms with van der Waals surface area (Å²) < 4.78 is 0. The van der Waals surface area contributed by atoms with Crippen LogP contribution in [-0.4, -0.2) is 32.8 Å². The van der Waals surface area contributed by atoms with E-state index in [9.17, 15) is 0 Å². The minimum atomic E-state index is 0.689. The van der Waals surface area contributed by atoms with Gasteiger partial charge < -0.3 is 5.32 Å². The molecule has 0 saturated heterocycles. The quantitative estimate of drug-likeness (QED) is 0.809. The molecule has 2 rings (SSSR count). The van der Waals surface area contributed by atoms with E-state index in [0.717, 1.165) is 18.8 Å². The van der Waals surface area contributed by atoms with Crippen molar-refractivity contribution in [1.29, 1.82) is 0 Å². The van der Waals surface area contributed by atoms with Crippen molar-refractivity contribution in [3.05, 3.63) is 5.82 Å². The Morgan fingerprint density at radius 3 is 2.89 bits per heavy atom. The zero-order chi connectivity index (χ0) is 12.8. The normalized spacial score (nSPS) is 25.0. The first-order valence-electron chi connectivity index (χ1n) is 7.24. The summed E-state index contributed by atoms with van der Waals surface area (Å²) in [7, 11) is 1.83. The molecule has 1 saturated carbocycles. The van der Waals surface area contributed by atoms with Gasteiger partial charge in [-0.2, -0.15) is 4.80 Å². The SMILES string of the molecule is CCCNC1CCCCC(Cc2nnn(C)n2)C1. The largest absolute Gasteiger partial charge is 0.314 e. The summed E-state index contributed by atoms with van der Waals surface area (Å²) in [5.74, 6) is 1.62. The molecule has 0 bridgehead atoms. The van der Waals surface area contributed by atoms with Gasteiger partial charge in [-0.3, -0.25) is 0 Å². The molecule has 0 spiro atoms. The van der Waals surface area contributed by atoms with Crippen LogP contribution in [-0.2, 0) is 13.5 Å². The minimum absolute atomic E-state index is 0.689. The molecule has 0 aliphatic heterocycles. The summed E-state index contributed by atoms with van der Waals surface area (Å²) in [6.45, 7) is 3.37. The second-order valence-corrected chi connectivity index (χ2v) is 5.44. The Kier molecular flexibility index (Phi) is 5.11. The standard InChI is InChI=1S/C13H25N5/c1-3-8-14-12-7-5-4-6-11(9-12)10-13-15-17-18(2)16-13/h11-12,14H,3-10H2,1-2H3. The predicted molar refractivity (Wildman–Crippen MR) is 71.2 cm³/mol. The maximum absolute atomic E-state index is 4.30. The fraction of sp³-hybridized carbons (Fsp3) is 0.923. The molecule has 1 aromatic heterocycles. The van der Waals surface area contributed by atoms with Crippen molar-refractivity contribution in [2.24, 2.45) is 13.0 Å². The fourth-order valence-corrected chi connectivity index (χ4v) is 2.84. The minimum Gasteiger partial charge on any atom is -0.314 e. The van der Waals surface area contributed by atoms with Gasteiger partial charge in [0.1, 0.15) is 0 Å². The van der Waals surface area contributed by atoms with E-state index < -0.39 is 0 Å². The topological polar surface area (TPSA) is 55.6 Å². The lowest BCUT2D eigenvalue weighted by Crippen LogP contribution is -2.31. The van der Waals surface area contributed by atoms with Crippen LogP contribution >= 0.6 is 0 Å². The van der Waals surface area contributed by atoms with Crippen LogP contribution in [0.5, 0.6) is 0 Å². The highest BCUT2D eigenvalue weighted by molar-refractivity contribution is 4.85. The van der Waals surface area contributed by atoms with Gasteiger partial charge >= 0.3 is 0 Å². The summed E-state index contributed by atoms with van der Waals surface area (Å²) in [6.07, 6.45) is 8.79. The zero-order valence-electron chi connectivity index (χ0n) is 11.6. The second kappa shape index (κ2) is 6.83. The van der Waals surface area contributed by atoms with E-state index in [4.69, 9.17) is 0 Å². The third kappa shape index (κ3) is 4.05. The first kappa shape index (κ1) is 13.5. The molecule has 2 unspecified atom stereocenters. The number of aromatic nitrogens is 4. The fourth-order valence-electron chi connectivity index (χ4n) is 2.84. The van der Waals surface area contributed by atoms with Crippen LogP contribution in [0, 0.1) is 5.92 Å². The maximum atomic E-state index is 4.30. The van der Waals surface area contributed by atoms with E-state index in [-0.39, 0.29) is 0 Å². The molecule has 1 aliphatic rings. The van der Waals surface area contributed by atoms with Gasteiger partial charge in [0.25, 0.3) is 0 Å². The Hall–Kier alpha value is -0.970. The predicted octanol–water partition coefficient (Wildman–Crippen LogP) is 1.70. The number of nitrogens with zero attached hydrogens (tertiary/aromatic N) is 4. The Labute approximate surface area is 109 Å². The van der Waals surface area contributed by atoms with Gasteiger partial charge in [0.05, 0.1) is 7.05 Å². The zero-order valence-corrected chi connectivity index (χ0v) is 11.6. The van der Waals surface area contributed by atoms with Crippen molar-refractivity contribution in [2.75, 3.05) is 6.54 Å². The highest BCUT2D eigenvalue weighted by Gasteiger charge is 2.21. The molecule has 102 valence electrons. The summed E-state index contributed by atoms with van der Waals surface area (Å²) in [4.78, 5) is 1.55. The Balaban J connectivity index is 1.86. The summed E-state index contributed by atoms with van der Waals surface area (Å²) in [6, 6.07) is 0.689. The molecule has 0 aromatic carbocycles. The van der Waals surface area contributed by atoms with Gasteiger partial charge in [0, 0.05) is 12.5 Å². The number of nitrogens with one attached hydrogen (secondary N) is 1. The molecule has 2 atom stereocenters. The van der Waals surface area contributed by atoms with Crippen molar-refractivity contribution in [3.8, 4) is 0 Å². The van der Waals surface area contributed by atoms with Gasteiger partial charge in [-0.15, -0.1) is 10.2 Å². The highest BCUT2D eigenvalue weighted by Crippen LogP contribution is 2.25. The molecule has 5 nitrogen and oxygen atoms in total. The first-order valence-corrected chi connectivity index (χ1v) is 7.24. The van der Waals surface area contributed by atoms with Crippen molar-refractivity contribution >= 4 is 0 Å². The molecule has 1 heterocycles. The van der Waals surface area contributed by atoms with Crippen molar-refractivity contribution in [2.45, 2.75) is 57.9 Å². The van der Waals surface area contributed by atoms with Crippen LogP contribution in [0.2, 0.25) is 0 Å². The molecule has 1 N–H and O–H groups in total. The number of rotatable bonds is 5. The number of aryl methyl sites for hydroxylation is 1. The molecule has 1 fully saturated rings. The molecule has 0 amide bonds. The Morgan fingerprint density at radius 2 is 2.17 bits per heavy atom. The first-order chi connectivity index (χ1) is 8.78. The van der Waals surface area contributed by atoms with Crippen molar-refractivity contribution in [1.82, 2.24) is 25.5 Å². The van der Waals surface area contributed by atoms with Gasteiger partial charge in [0.2, 0.25) is 0 Å². The summed E-state index contributed by atoms with van der Waals surface area (Å²) in [5, 5.41) is 16.0. The number of hydrogen-bond acceptors (Lipinski definition) is 4. The number of tetrazole rings is 1. The van der Waals surface area contributed by atoms with Gasteiger partial charge in [-0.25, -0.2) is 0 Å². The monoisotopic (exact) mass is 251 g/mol. The molecular formula is C13H25N5.